The maximum Gasteiger partial charge on any atom is 0.119 e. The molecular formula is C15H17BrO2S. The molecule has 0 spiro atoms. The lowest BCUT2D eigenvalue weighted by molar-refractivity contribution is 0.220. The van der Waals surface area contributed by atoms with Crippen LogP contribution in [0.1, 0.15) is 37.0 Å². The van der Waals surface area contributed by atoms with Gasteiger partial charge in [-0.3, -0.25) is 0 Å². The summed E-state index contributed by atoms with van der Waals surface area (Å²) in [5, 5.41) is 14.2. The van der Waals surface area contributed by atoms with Crippen molar-refractivity contribution < 1.29 is 9.84 Å². The molecular weight excluding hydrogens is 324 g/mol. The highest BCUT2D eigenvalue weighted by Crippen LogP contribution is 2.32. The highest BCUT2D eigenvalue weighted by molar-refractivity contribution is 9.10. The summed E-state index contributed by atoms with van der Waals surface area (Å²) in [6.07, 6.45) is 1.60. The highest BCUT2D eigenvalue weighted by Gasteiger charge is 2.14. The second-order valence-corrected chi connectivity index (χ2v) is 5.95. The summed E-state index contributed by atoms with van der Waals surface area (Å²) in [7, 11) is 0. The number of unbranched alkanes of at least 4 members (excludes halogenated alkanes) is 1. The number of benzene rings is 1. The monoisotopic (exact) mass is 340 g/mol. The van der Waals surface area contributed by atoms with Gasteiger partial charge >= 0.3 is 0 Å². The van der Waals surface area contributed by atoms with Gasteiger partial charge in [0.05, 0.1) is 6.61 Å². The zero-order valence-electron chi connectivity index (χ0n) is 10.8. The average Bonchev–Trinajstić information content (AvgIpc) is 2.85. The molecule has 1 N–H and O–H groups in total. The van der Waals surface area contributed by atoms with Gasteiger partial charge in [-0.05, 0) is 45.4 Å². The van der Waals surface area contributed by atoms with Crippen LogP contribution in [0.2, 0.25) is 0 Å². The van der Waals surface area contributed by atoms with Gasteiger partial charge in [0.1, 0.15) is 11.9 Å². The summed E-state index contributed by atoms with van der Waals surface area (Å²) in [4.78, 5) is 0. The normalized spacial score (nSPS) is 12.4. The molecule has 1 aromatic heterocycles. The number of rotatable bonds is 6. The van der Waals surface area contributed by atoms with Crippen molar-refractivity contribution >= 4 is 27.3 Å². The molecule has 1 heterocycles. The van der Waals surface area contributed by atoms with E-state index in [2.05, 4.69) is 22.9 Å². The number of aliphatic hydroxyl groups is 1. The predicted molar refractivity (Wildman–Crippen MR) is 82.9 cm³/mol. The first-order valence-corrected chi connectivity index (χ1v) is 8.08. The van der Waals surface area contributed by atoms with Gasteiger partial charge in [0.25, 0.3) is 0 Å². The topological polar surface area (TPSA) is 29.5 Å². The Kier molecular flexibility index (Phi) is 5.43. The Morgan fingerprint density at radius 3 is 2.58 bits per heavy atom. The molecule has 2 rings (SSSR count). The van der Waals surface area contributed by atoms with Crippen LogP contribution in [0.25, 0.3) is 0 Å². The van der Waals surface area contributed by atoms with Crippen molar-refractivity contribution in [2.75, 3.05) is 6.61 Å². The van der Waals surface area contributed by atoms with E-state index in [0.717, 1.165) is 40.8 Å². The van der Waals surface area contributed by atoms with Gasteiger partial charge in [-0.25, -0.2) is 0 Å². The molecule has 2 nitrogen and oxygen atoms in total. The molecule has 19 heavy (non-hydrogen) atoms. The summed E-state index contributed by atoms with van der Waals surface area (Å²) in [5.74, 6) is 0.855. The smallest absolute Gasteiger partial charge is 0.119 e. The van der Waals surface area contributed by atoms with E-state index >= 15 is 0 Å². The number of hydrogen-bond acceptors (Lipinski definition) is 3. The Hall–Kier alpha value is -0.840. The third kappa shape index (κ3) is 3.81. The van der Waals surface area contributed by atoms with E-state index in [9.17, 15) is 5.11 Å². The zero-order valence-corrected chi connectivity index (χ0v) is 13.2. The molecule has 2 aromatic rings. The minimum Gasteiger partial charge on any atom is -0.494 e. The van der Waals surface area contributed by atoms with Crippen LogP contribution < -0.4 is 4.74 Å². The Morgan fingerprint density at radius 1 is 1.26 bits per heavy atom. The van der Waals surface area contributed by atoms with Crippen LogP contribution in [0.15, 0.2) is 39.5 Å². The number of thiophene rings is 1. The third-order valence-electron chi connectivity index (χ3n) is 2.90. The fourth-order valence-corrected chi connectivity index (χ4v) is 3.28. The Bertz CT molecular complexity index is 507. The van der Waals surface area contributed by atoms with E-state index in [4.69, 9.17) is 4.74 Å². The van der Waals surface area contributed by atoms with Crippen LogP contribution in [-0.2, 0) is 0 Å². The fourth-order valence-electron chi connectivity index (χ4n) is 1.75. The Balaban J connectivity index is 2.04. The van der Waals surface area contributed by atoms with Crippen LogP contribution in [-0.4, -0.2) is 11.7 Å². The van der Waals surface area contributed by atoms with E-state index in [1.165, 1.54) is 0 Å². The summed E-state index contributed by atoms with van der Waals surface area (Å²) in [5.41, 5.74) is 1.78. The van der Waals surface area contributed by atoms with E-state index in [0.29, 0.717) is 0 Å². The highest BCUT2D eigenvalue weighted by atomic mass is 79.9. The maximum absolute atomic E-state index is 10.3. The van der Waals surface area contributed by atoms with Crippen LogP contribution in [0.3, 0.4) is 0 Å². The largest absolute Gasteiger partial charge is 0.494 e. The summed E-state index contributed by atoms with van der Waals surface area (Å²) in [6, 6.07) is 7.65. The van der Waals surface area contributed by atoms with Gasteiger partial charge in [0, 0.05) is 15.4 Å². The molecule has 0 amide bonds. The summed E-state index contributed by atoms with van der Waals surface area (Å²) in [6.45, 7) is 2.88. The lowest BCUT2D eigenvalue weighted by Gasteiger charge is -2.11. The molecule has 0 saturated carbocycles. The molecule has 1 atom stereocenters. The van der Waals surface area contributed by atoms with Gasteiger partial charge < -0.3 is 9.84 Å². The van der Waals surface area contributed by atoms with E-state index in [1.807, 2.05) is 35.0 Å². The first kappa shape index (κ1) is 14.6. The van der Waals surface area contributed by atoms with Gasteiger partial charge in [-0.1, -0.05) is 25.5 Å². The minimum absolute atomic E-state index is 0.592. The molecule has 0 saturated heterocycles. The standard InChI is InChI=1S/C15H17BrO2S/c1-2-3-8-18-12-6-4-11(5-7-12)15(17)13-9-19-10-14(13)16/h4-7,9-10,15,17H,2-3,8H2,1H3. The second-order valence-electron chi connectivity index (χ2n) is 4.35. The van der Waals surface area contributed by atoms with Crippen molar-refractivity contribution in [2.24, 2.45) is 0 Å². The molecule has 0 fully saturated rings. The molecule has 4 heteroatoms. The number of ether oxygens (including phenoxy) is 1. The fraction of sp³-hybridized carbons (Fsp3) is 0.333. The average molecular weight is 341 g/mol. The van der Waals surface area contributed by atoms with Crippen molar-refractivity contribution in [3.63, 3.8) is 0 Å². The Labute approximate surface area is 126 Å². The van der Waals surface area contributed by atoms with Crippen molar-refractivity contribution in [1.29, 1.82) is 0 Å². The van der Waals surface area contributed by atoms with Gasteiger partial charge in [-0.2, -0.15) is 11.3 Å². The van der Waals surface area contributed by atoms with E-state index in [1.54, 1.807) is 11.3 Å². The lowest BCUT2D eigenvalue weighted by Crippen LogP contribution is -2.00. The van der Waals surface area contributed by atoms with Crippen molar-refractivity contribution in [2.45, 2.75) is 25.9 Å². The molecule has 0 aliphatic heterocycles. The number of hydrogen-bond donors (Lipinski definition) is 1. The lowest BCUT2D eigenvalue weighted by atomic mass is 10.0. The van der Waals surface area contributed by atoms with Crippen molar-refractivity contribution in [3.05, 3.63) is 50.6 Å². The molecule has 0 bridgehead atoms. The van der Waals surface area contributed by atoms with Crippen molar-refractivity contribution in [3.8, 4) is 5.75 Å². The van der Waals surface area contributed by atoms with Crippen molar-refractivity contribution in [1.82, 2.24) is 0 Å². The molecule has 102 valence electrons. The van der Waals surface area contributed by atoms with Crippen LogP contribution in [0.5, 0.6) is 5.75 Å². The predicted octanol–water partition coefficient (Wildman–Crippen LogP) is 4.77. The second kappa shape index (κ2) is 7.08. The summed E-state index contributed by atoms with van der Waals surface area (Å²) < 4.78 is 6.56. The zero-order chi connectivity index (χ0) is 13.7. The molecule has 0 radical (unpaired) electrons. The first-order chi connectivity index (χ1) is 9.22. The molecule has 1 aromatic carbocycles. The van der Waals surface area contributed by atoms with Crippen LogP contribution in [0.4, 0.5) is 0 Å². The number of halogens is 1. The number of aliphatic hydroxyl groups excluding tert-OH is 1. The van der Waals surface area contributed by atoms with E-state index in [-0.39, 0.29) is 0 Å². The molecule has 0 aliphatic rings. The minimum atomic E-state index is -0.592. The van der Waals surface area contributed by atoms with Gasteiger partial charge in [-0.15, -0.1) is 0 Å². The molecule has 0 aliphatic carbocycles. The first-order valence-electron chi connectivity index (χ1n) is 6.34. The van der Waals surface area contributed by atoms with E-state index < -0.39 is 6.10 Å². The third-order valence-corrected chi connectivity index (χ3v) is 4.65. The quantitative estimate of drug-likeness (QED) is 0.767. The van der Waals surface area contributed by atoms with Gasteiger partial charge in [0.15, 0.2) is 0 Å². The van der Waals surface area contributed by atoms with Gasteiger partial charge in [0.2, 0.25) is 0 Å². The van der Waals surface area contributed by atoms with Crippen LogP contribution in [0, 0.1) is 0 Å². The van der Waals surface area contributed by atoms with Crippen LogP contribution >= 0.6 is 27.3 Å². The SMILES string of the molecule is CCCCOc1ccc(C(O)c2cscc2Br)cc1. The summed E-state index contributed by atoms with van der Waals surface area (Å²) >= 11 is 5.02. The Morgan fingerprint density at radius 2 is 2.00 bits per heavy atom. The molecule has 1 unspecified atom stereocenters. The maximum atomic E-state index is 10.3.